The predicted molar refractivity (Wildman–Crippen MR) is 43.7 cm³/mol. The van der Waals surface area contributed by atoms with Crippen molar-refractivity contribution in [2.24, 2.45) is 5.73 Å². The molecule has 0 aliphatic heterocycles. The molecule has 2 atom stereocenters. The molecule has 0 saturated carbocycles. The first-order valence-electron chi connectivity index (χ1n) is 3.93. The van der Waals surface area contributed by atoms with E-state index in [4.69, 9.17) is 21.1 Å². The quantitative estimate of drug-likeness (QED) is 0.349. The molecule has 6 nitrogen and oxygen atoms in total. The van der Waals surface area contributed by atoms with E-state index in [9.17, 15) is 4.79 Å². The topological polar surface area (TPSA) is 113 Å². The van der Waals surface area contributed by atoms with Gasteiger partial charge in [-0.05, 0) is 6.42 Å². The van der Waals surface area contributed by atoms with Crippen LogP contribution in [0.2, 0.25) is 0 Å². The van der Waals surface area contributed by atoms with Gasteiger partial charge in [0.15, 0.2) is 0 Å². The number of rotatable bonds is 6. The molecule has 0 heterocycles. The van der Waals surface area contributed by atoms with Gasteiger partial charge in [-0.3, -0.25) is 4.79 Å². The summed E-state index contributed by atoms with van der Waals surface area (Å²) < 4.78 is 4.52. The van der Waals surface area contributed by atoms with Gasteiger partial charge in [-0.1, -0.05) is 0 Å². The Hall–Kier alpha value is -0.690. The average molecular weight is 193 g/mol. The van der Waals surface area contributed by atoms with E-state index in [2.05, 4.69) is 4.74 Å². The van der Waals surface area contributed by atoms with E-state index >= 15 is 0 Å². The molecule has 5 N–H and O–H groups in total. The van der Waals surface area contributed by atoms with Gasteiger partial charge in [-0.15, -0.1) is 0 Å². The Morgan fingerprint density at radius 1 is 1.46 bits per heavy atom. The summed E-state index contributed by atoms with van der Waals surface area (Å²) in [5.74, 6) is -0.693. The van der Waals surface area contributed by atoms with Crippen LogP contribution in [-0.2, 0) is 9.53 Å². The monoisotopic (exact) mass is 193 g/mol. The maximum Gasteiger partial charge on any atom is 0.323 e. The van der Waals surface area contributed by atoms with Gasteiger partial charge >= 0.3 is 5.97 Å². The van der Waals surface area contributed by atoms with Crippen LogP contribution in [0.5, 0.6) is 0 Å². The molecule has 0 amide bonds. The van der Waals surface area contributed by atoms with Crippen LogP contribution in [0.4, 0.5) is 0 Å². The Kier molecular flexibility index (Phi) is 6.43. The molecule has 13 heavy (non-hydrogen) atoms. The summed E-state index contributed by atoms with van der Waals surface area (Å²) in [6.07, 6.45) is -0.959. The zero-order valence-corrected chi connectivity index (χ0v) is 7.22. The average Bonchev–Trinajstić information content (AvgIpc) is 2.13. The van der Waals surface area contributed by atoms with Crippen molar-refractivity contribution in [2.75, 3.05) is 19.8 Å². The van der Waals surface area contributed by atoms with Crippen LogP contribution in [-0.4, -0.2) is 53.3 Å². The fourth-order valence-electron chi connectivity index (χ4n) is 0.595. The number of hydrogen-bond donors (Lipinski definition) is 4. The molecule has 2 unspecified atom stereocenters. The van der Waals surface area contributed by atoms with Crippen molar-refractivity contribution in [3.8, 4) is 0 Å². The van der Waals surface area contributed by atoms with E-state index in [1.54, 1.807) is 0 Å². The van der Waals surface area contributed by atoms with Gasteiger partial charge in [0, 0.05) is 6.61 Å². The third-order valence-electron chi connectivity index (χ3n) is 1.37. The number of ether oxygens (including phenoxy) is 1. The number of aliphatic hydroxyl groups is 3. The summed E-state index contributed by atoms with van der Waals surface area (Å²) in [6.45, 7) is -0.949. The Morgan fingerprint density at radius 3 is 2.54 bits per heavy atom. The smallest absolute Gasteiger partial charge is 0.323 e. The molecule has 0 aromatic carbocycles. The predicted octanol–water partition coefficient (Wildman–Crippen LogP) is -2.41. The largest absolute Gasteiger partial charge is 0.462 e. The van der Waals surface area contributed by atoms with Crippen molar-refractivity contribution in [3.63, 3.8) is 0 Å². The van der Waals surface area contributed by atoms with E-state index in [0.29, 0.717) is 0 Å². The fraction of sp³-hybridized carbons (Fsp3) is 0.857. The number of carbonyl (C=O) groups is 1. The highest BCUT2D eigenvalue weighted by atomic mass is 16.5. The molecule has 78 valence electrons. The molecule has 0 aromatic rings. The minimum atomic E-state index is -1.08. The molecule has 0 aliphatic rings. The first-order valence-corrected chi connectivity index (χ1v) is 3.93. The summed E-state index contributed by atoms with van der Waals surface area (Å²) in [6, 6.07) is -0.879. The highest BCUT2D eigenvalue weighted by molar-refractivity contribution is 5.75. The maximum atomic E-state index is 10.9. The maximum absolute atomic E-state index is 10.9. The van der Waals surface area contributed by atoms with E-state index in [1.165, 1.54) is 0 Å². The van der Waals surface area contributed by atoms with Crippen LogP contribution < -0.4 is 5.73 Å². The standard InChI is InChI=1S/C7H15NO5/c8-6(1-2-9)7(12)13-4-5(11)3-10/h5-6,9-11H,1-4,8H2. The zero-order chi connectivity index (χ0) is 10.3. The van der Waals surface area contributed by atoms with Crippen molar-refractivity contribution >= 4 is 5.97 Å². The molecule has 0 aromatic heterocycles. The number of carbonyl (C=O) groups excluding carboxylic acids is 1. The van der Waals surface area contributed by atoms with Crippen LogP contribution in [0.25, 0.3) is 0 Å². The van der Waals surface area contributed by atoms with Crippen molar-refractivity contribution in [3.05, 3.63) is 0 Å². The SMILES string of the molecule is NC(CCO)C(=O)OCC(O)CO. The molecule has 0 aliphatic carbocycles. The van der Waals surface area contributed by atoms with Gasteiger partial charge in [-0.25, -0.2) is 0 Å². The zero-order valence-electron chi connectivity index (χ0n) is 7.22. The lowest BCUT2D eigenvalue weighted by atomic mass is 10.2. The molecule has 0 bridgehead atoms. The summed E-state index contributed by atoms with van der Waals surface area (Å²) in [7, 11) is 0. The first kappa shape index (κ1) is 12.3. The Bertz CT molecular complexity index is 152. The minimum absolute atomic E-state index is 0.119. The summed E-state index contributed by atoms with van der Waals surface area (Å²) in [4.78, 5) is 10.9. The van der Waals surface area contributed by atoms with Gasteiger partial charge in [0.25, 0.3) is 0 Å². The Morgan fingerprint density at radius 2 is 2.08 bits per heavy atom. The van der Waals surface area contributed by atoms with Crippen molar-refractivity contribution < 1.29 is 24.9 Å². The molecule has 0 fully saturated rings. The lowest BCUT2D eigenvalue weighted by Gasteiger charge is -2.12. The lowest BCUT2D eigenvalue weighted by Crippen LogP contribution is -2.35. The number of hydrogen-bond acceptors (Lipinski definition) is 6. The minimum Gasteiger partial charge on any atom is -0.462 e. The summed E-state index contributed by atoms with van der Waals surface area (Å²) >= 11 is 0. The normalized spacial score (nSPS) is 15.1. The first-order chi connectivity index (χ1) is 6.11. The van der Waals surface area contributed by atoms with Crippen LogP contribution >= 0.6 is 0 Å². The summed E-state index contributed by atoms with van der Waals surface area (Å²) in [5.41, 5.74) is 5.28. The van der Waals surface area contributed by atoms with Crippen molar-refractivity contribution in [1.82, 2.24) is 0 Å². The van der Waals surface area contributed by atoms with Gasteiger partial charge < -0.3 is 25.8 Å². The van der Waals surface area contributed by atoms with Crippen LogP contribution in [0, 0.1) is 0 Å². The highest BCUT2D eigenvalue weighted by Crippen LogP contribution is 1.92. The van der Waals surface area contributed by atoms with E-state index < -0.39 is 24.7 Å². The van der Waals surface area contributed by atoms with Gasteiger partial charge in [-0.2, -0.15) is 0 Å². The second-order valence-electron chi connectivity index (χ2n) is 2.59. The van der Waals surface area contributed by atoms with E-state index in [0.717, 1.165) is 0 Å². The fourth-order valence-corrected chi connectivity index (χ4v) is 0.595. The molecule has 0 rings (SSSR count). The van der Waals surface area contributed by atoms with Gasteiger partial charge in [0.2, 0.25) is 0 Å². The van der Waals surface area contributed by atoms with Crippen molar-refractivity contribution in [2.45, 2.75) is 18.6 Å². The molecule has 0 spiro atoms. The third kappa shape index (κ3) is 5.53. The molecule has 0 radical (unpaired) electrons. The second kappa shape index (κ2) is 6.79. The van der Waals surface area contributed by atoms with Gasteiger partial charge in [0.1, 0.15) is 18.8 Å². The number of aliphatic hydroxyl groups excluding tert-OH is 3. The van der Waals surface area contributed by atoms with Crippen LogP contribution in [0.1, 0.15) is 6.42 Å². The lowest BCUT2D eigenvalue weighted by molar-refractivity contribution is -0.149. The third-order valence-corrected chi connectivity index (χ3v) is 1.37. The van der Waals surface area contributed by atoms with E-state index in [-0.39, 0.29) is 19.6 Å². The molecule has 0 saturated heterocycles. The second-order valence-corrected chi connectivity index (χ2v) is 2.59. The Labute approximate surface area is 75.9 Å². The molecular weight excluding hydrogens is 178 g/mol. The van der Waals surface area contributed by atoms with E-state index in [1.807, 2.05) is 0 Å². The molecular formula is C7H15NO5. The van der Waals surface area contributed by atoms with Crippen LogP contribution in [0.3, 0.4) is 0 Å². The Balaban J connectivity index is 3.61. The number of nitrogens with two attached hydrogens (primary N) is 1. The van der Waals surface area contributed by atoms with Gasteiger partial charge in [0.05, 0.1) is 6.61 Å². The van der Waals surface area contributed by atoms with Crippen LogP contribution in [0.15, 0.2) is 0 Å². The highest BCUT2D eigenvalue weighted by Gasteiger charge is 2.15. The summed E-state index contributed by atoms with van der Waals surface area (Å²) in [5, 5.41) is 25.6. The van der Waals surface area contributed by atoms with Crippen molar-refractivity contribution in [1.29, 1.82) is 0 Å². The molecule has 6 heteroatoms. The number of esters is 1.